The second kappa shape index (κ2) is 3.72. The van der Waals surface area contributed by atoms with Crippen LogP contribution in [0.3, 0.4) is 0 Å². The van der Waals surface area contributed by atoms with Gasteiger partial charge in [0.1, 0.15) is 18.2 Å². The van der Waals surface area contributed by atoms with Crippen LogP contribution in [0.1, 0.15) is 5.56 Å². The van der Waals surface area contributed by atoms with E-state index in [0.717, 1.165) is 5.56 Å². The summed E-state index contributed by atoms with van der Waals surface area (Å²) in [6.07, 6.45) is 4.50. The molecule has 5 heteroatoms. The minimum Gasteiger partial charge on any atom is -0.384 e. The first-order chi connectivity index (χ1) is 7.29. The van der Waals surface area contributed by atoms with Gasteiger partial charge in [-0.1, -0.05) is 0 Å². The standard InChI is InChI=1S/C10H7N5/c11-3-7-1-8(5-13-4-7)9-2-10(12)15-6-14-9/h1-2,4-6H,(H2,12,14,15). The predicted molar refractivity (Wildman–Crippen MR) is 54.4 cm³/mol. The molecule has 0 aliphatic rings. The number of hydrogen-bond donors (Lipinski definition) is 1. The lowest BCUT2D eigenvalue weighted by atomic mass is 10.1. The van der Waals surface area contributed by atoms with Gasteiger partial charge < -0.3 is 5.73 Å². The predicted octanol–water partition coefficient (Wildman–Crippen LogP) is 0.992. The molecular formula is C10H7N5. The number of aromatic nitrogens is 3. The van der Waals surface area contributed by atoms with Crippen molar-refractivity contribution in [1.29, 1.82) is 5.26 Å². The second-order valence-corrected chi connectivity index (χ2v) is 2.90. The van der Waals surface area contributed by atoms with Gasteiger partial charge in [0.05, 0.1) is 11.3 Å². The highest BCUT2D eigenvalue weighted by Crippen LogP contribution is 2.17. The Morgan fingerprint density at radius 2 is 2.07 bits per heavy atom. The molecule has 2 N–H and O–H groups in total. The van der Waals surface area contributed by atoms with E-state index in [0.29, 0.717) is 17.1 Å². The summed E-state index contributed by atoms with van der Waals surface area (Å²) >= 11 is 0. The van der Waals surface area contributed by atoms with Crippen molar-refractivity contribution < 1.29 is 0 Å². The molecule has 2 heterocycles. The van der Waals surface area contributed by atoms with E-state index >= 15 is 0 Å². The SMILES string of the molecule is N#Cc1cncc(-c2cc(N)ncn2)c1. The van der Waals surface area contributed by atoms with Crippen molar-refractivity contribution >= 4 is 5.82 Å². The van der Waals surface area contributed by atoms with Gasteiger partial charge in [0, 0.05) is 24.0 Å². The maximum Gasteiger partial charge on any atom is 0.127 e. The Hall–Kier alpha value is -2.48. The zero-order valence-electron chi connectivity index (χ0n) is 7.75. The quantitative estimate of drug-likeness (QED) is 0.736. The maximum atomic E-state index is 8.72. The van der Waals surface area contributed by atoms with Crippen LogP contribution in [-0.2, 0) is 0 Å². The highest BCUT2D eigenvalue weighted by molar-refractivity contribution is 5.61. The van der Waals surface area contributed by atoms with Crippen molar-refractivity contribution in [2.24, 2.45) is 0 Å². The lowest BCUT2D eigenvalue weighted by molar-refractivity contribution is 1.17. The minimum atomic E-state index is 0.391. The molecule has 5 nitrogen and oxygen atoms in total. The number of anilines is 1. The molecule has 0 saturated heterocycles. The Morgan fingerprint density at radius 3 is 2.80 bits per heavy atom. The third-order valence-electron chi connectivity index (χ3n) is 1.85. The number of pyridine rings is 1. The van der Waals surface area contributed by atoms with Crippen LogP contribution in [0, 0.1) is 11.3 Å². The molecule has 0 saturated carbocycles. The first-order valence-corrected chi connectivity index (χ1v) is 4.22. The van der Waals surface area contributed by atoms with E-state index in [4.69, 9.17) is 11.0 Å². The first kappa shape index (κ1) is 9.09. The molecule has 0 spiro atoms. The van der Waals surface area contributed by atoms with Crippen molar-refractivity contribution in [3.05, 3.63) is 36.4 Å². The fourth-order valence-corrected chi connectivity index (χ4v) is 1.17. The summed E-state index contributed by atoms with van der Waals surface area (Å²) < 4.78 is 0. The van der Waals surface area contributed by atoms with E-state index in [2.05, 4.69) is 15.0 Å². The van der Waals surface area contributed by atoms with Gasteiger partial charge in [-0.25, -0.2) is 9.97 Å². The van der Waals surface area contributed by atoms with Crippen molar-refractivity contribution in [2.75, 3.05) is 5.73 Å². The number of rotatable bonds is 1. The highest BCUT2D eigenvalue weighted by atomic mass is 14.9. The Labute approximate surface area is 86.2 Å². The van der Waals surface area contributed by atoms with Crippen LogP contribution < -0.4 is 5.73 Å². The largest absolute Gasteiger partial charge is 0.384 e. The van der Waals surface area contributed by atoms with Gasteiger partial charge >= 0.3 is 0 Å². The van der Waals surface area contributed by atoms with Gasteiger partial charge in [0.15, 0.2) is 0 Å². The minimum absolute atomic E-state index is 0.391. The molecule has 0 unspecified atom stereocenters. The first-order valence-electron chi connectivity index (χ1n) is 4.22. The maximum absolute atomic E-state index is 8.72. The molecule has 0 amide bonds. The topological polar surface area (TPSA) is 88.5 Å². The third kappa shape index (κ3) is 1.89. The molecule has 0 bridgehead atoms. The van der Waals surface area contributed by atoms with E-state index in [1.807, 2.05) is 6.07 Å². The summed E-state index contributed by atoms with van der Waals surface area (Å²) in [4.78, 5) is 11.8. The molecule has 72 valence electrons. The van der Waals surface area contributed by atoms with E-state index in [-0.39, 0.29) is 0 Å². The molecule has 0 aromatic carbocycles. The average Bonchev–Trinajstić information content (AvgIpc) is 2.29. The van der Waals surface area contributed by atoms with Crippen LogP contribution in [0.25, 0.3) is 11.3 Å². The smallest absolute Gasteiger partial charge is 0.127 e. The van der Waals surface area contributed by atoms with Crippen molar-refractivity contribution in [2.45, 2.75) is 0 Å². The molecule has 2 aromatic rings. The summed E-state index contributed by atoms with van der Waals surface area (Å²) in [6.45, 7) is 0. The van der Waals surface area contributed by atoms with Crippen LogP contribution in [0.5, 0.6) is 0 Å². The van der Waals surface area contributed by atoms with Gasteiger partial charge in [-0.05, 0) is 6.07 Å². The lowest BCUT2D eigenvalue weighted by Crippen LogP contribution is -1.93. The van der Waals surface area contributed by atoms with Crippen LogP contribution in [0.15, 0.2) is 30.9 Å². The summed E-state index contributed by atoms with van der Waals surface area (Å²) in [7, 11) is 0. The van der Waals surface area contributed by atoms with E-state index in [1.165, 1.54) is 12.5 Å². The normalized spacial score (nSPS) is 9.53. The van der Waals surface area contributed by atoms with Crippen LogP contribution in [0.2, 0.25) is 0 Å². The van der Waals surface area contributed by atoms with Crippen LogP contribution >= 0.6 is 0 Å². The number of nitriles is 1. The van der Waals surface area contributed by atoms with Crippen LogP contribution in [-0.4, -0.2) is 15.0 Å². The average molecular weight is 197 g/mol. The molecule has 0 aliphatic heterocycles. The fraction of sp³-hybridized carbons (Fsp3) is 0. The molecule has 15 heavy (non-hydrogen) atoms. The Balaban J connectivity index is 2.50. The Morgan fingerprint density at radius 1 is 1.20 bits per heavy atom. The molecular weight excluding hydrogens is 190 g/mol. The summed E-state index contributed by atoms with van der Waals surface area (Å²) in [6, 6.07) is 5.35. The summed E-state index contributed by atoms with van der Waals surface area (Å²) in [5.74, 6) is 0.391. The number of hydrogen-bond acceptors (Lipinski definition) is 5. The summed E-state index contributed by atoms with van der Waals surface area (Å²) in [5.41, 5.74) is 7.43. The van der Waals surface area contributed by atoms with Gasteiger partial charge in [-0.3, -0.25) is 4.98 Å². The monoisotopic (exact) mass is 197 g/mol. The van der Waals surface area contributed by atoms with Gasteiger partial charge in [-0.2, -0.15) is 5.26 Å². The fourth-order valence-electron chi connectivity index (χ4n) is 1.17. The van der Waals surface area contributed by atoms with Gasteiger partial charge in [0.2, 0.25) is 0 Å². The van der Waals surface area contributed by atoms with E-state index < -0.39 is 0 Å². The molecule has 2 aromatic heterocycles. The van der Waals surface area contributed by atoms with E-state index in [9.17, 15) is 0 Å². The van der Waals surface area contributed by atoms with Crippen molar-refractivity contribution in [3.63, 3.8) is 0 Å². The number of nitrogen functional groups attached to an aromatic ring is 1. The molecule has 0 fully saturated rings. The molecule has 0 radical (unpaired) electrons. The van der Waals surface area contributed by atoms with E-state index in [1.54, 1.807) is 18.3 Å². The van der Waals surface area contributed by atoms with Crippen LogP contribution in [0.4, 0.5) is 5.82 Å². The number of nitrogens with two attached hydrogens (primary N) is 1. The van der Waals surface area contributed by atoms with Gasteiger partial charge in [-0.15, -0.1) is 0 Å². The highest BCUT2D eigenvalue weighted by Gasteiger charge is 2.01. The van der Waals surface area contributed by atoms with Crippen molar-refractivity contribution in [1.82, 2.24) is 15.0 Å². The zero-order chi connectivity index (χ0) is 10.7. The summed E-state index contributed by atoms with van der Waals surface area (Å²) in [5, 5.41) is 8.72. The molecule has 2 rings (SSSR count). The Bertz CT molecular complexity index is 529. The lowest BCUT2D eigenvalue weighted by Gasteiger charge is -2.00. The van der Waals surface area contributed by atoms with Crippen molar-refractivity contribution in [3.8, 4) is 17.3 Å². The van der Waals surface area contributed by atoms with Gasteiger partial charge in [0.25, 0.3) is 0 Å². The zero-order valence-corrected chi connectivity index (χ0v) is 7.75. The Kier molecular flexibility index (Phi) is 2.25. The molecule has 0 aliphatic carbocycles. The second-order valence-electron chi connectivity index (χ2n) is 2.90. The number of nitrogens with zero attached hydrogens (tertiary/aromatic N) is 4. The third-order valence-corrected chi connectivity index (χ3v) is 1.85. The molecule has 0 atom stereocenters.